The van der Waals surface area contributed by atoms with Gasteiger partial charge in [0.25, 0.3) is 11.5 Å². The van der Waals surface area contributed by atoms with Crippen LogP contribution in [-0.2, 0) is 22.6 Å². The van der Waals surface area contributed by atoms with Gasteiger partial charge in [-0.2, -0.15) is 0 Å². The fraction of sp³-hybridized carbons (Fsp3) is 0.162. The Morgan fingerprint density at radius 2 is 1.41 bits per heavy atom. The predicted octanol–water partition coefficient (Wildman–Crippen LogP) is 5.65. The van der Waals surface area contributed by atoms with Gasteiger partial charge < -0.3 is 24.0 Å². The first kappa shape index (κ1) is 33.0. The number of carbonyl (C=O) groups excluding carboxylic acids is 2. The Kier molecular flexibility index (Phi) is 9.47. The third-order valence-corrected chi connectivity index (χ3v) is 8.37. The maximum absolute atomic E-state index is 14.5. The van der Waals surface area contributed by atoms with Crippen LogP contribution in [0.1, 0.15) is 22.3 Å². The molecule has 12 heteroatoms. The van der Waals surface area contributed by atoms with Crippen molar-refractivity contribution in [3.05, 3.63) is 159 Å². The van der Waals surface area contributed by atoms with Crippen LogP contribution in [0.5, 0.6) is 0 Å². The molecule has 0 unspecified atom stereocenters. The summed E-state index contributed by atoms with van der Waals surface area (Å²) in [5, 5.41) is 11.0. The predicted molar refractivity (Wildman–Crippen MR) is 176 cm³/mol. The van der Waals surface area contributed by atoms with E-state index in [4.69, 9.17) is 0 Å². The molecule has 0 saturated carbocycles. The second-order valence-electron chi connectivity index (χ2n) is 11.6. The smallest absolute Gasteiger partial charge is 0.294 e. The monoisotopic (exact) mass is 670 g/mol. The standard InChI is InChI=1S/C37H30F4N4O4/c38-26-19-32(40)29(33(41)20-26)17-24-18-30(36(48)45(22-24)23-25-5-1-2-6-31(25)39)34(46)21-35(47)37(49)44-15-13-43(14-16-44)28-9-7-27(8-10-28)42-11-3-4-12-42/h1-12,18-22,46H,13-17,23H2/b34-21-. The molecule has 1 amide bonds. The summed E-state index contributed by atoms with van der Waals surface area (Å²) in [5.74, 6) is -6.88. The Labute approximate surface area is 278 Å². The zero-order chi connectivity index (χ0) is 34.7. The van der Waals surface area contributed by atoms with E-state index in [1.54, 1.807) is 6.07 Å². The first-order valence-corrected chi connectivity index (χ1v) is 15.4. The largest absolute Gasteiger partial charge is 0.507 e. The quantitative estimate of drug-likeness (QED) is 0.0949. The number of nitrogens with zero attached hydrogens (tertiary/aromatic N) is 4. The van der Waals surface area contributed by atoms with E-state index in [1.165, 1.54) is 29.3 Å². The molecule has 0 aliphatic carbocycles. The Morgan fingerprint density at radius 1 is 0.776 bits per heavy atom. The Morgan fingerprint density at radius 3 is 2.06 bits per heavy atom. The highest BCUT2D eigenvalue weighted by atomic mass is 19.1. The van der Waals surface area contributed by atoms with Crippen LogP contribution in [0.4, 0.5) is 23.2 Å². The first-order valence-electron chi connectivity index (χ1n) is 15.4. The Balaban J connectivity index is 1.21. The number of amides is 1. The Bertz CT molecular complexity index is 2080. The van der Waals surface area contributed by atoms with Crippen molar-refractivity contribution in [1.29, 1.82) is 0 Å². The number of hydrogen-bond donors (Lipinski definition) is 1. The molecule has 0 radical (unpaired) electrons. The van der Waals surface area contributed by atoms with Gasteiger partial charge in [-0.3, -0.25) is 14.4 Å². The fourth-order valence-corrected chi connectivity index (χ4v) is 5.78. The normalized spacial score (nSPS) is 13.5. The lowest BCUT2D eigenvalue weighted by Crippen LogP contribution is -2.50. The molecule has 3 aromatic carbocycles. The molecule has 1 fully saturated rings. The molecule has 8 nitrogen and oxygen atoms in total. The first-order chi connectivity index (χ1) is 23.6. The van der Waals surface area contributed by atoms with Crippen molar-refractivity contribution >= 4 is 23.1 Å². The van der Waals surface area contributed by atoms with Crippen molar-refractivity contribution < 1.29 is 32.3 Å². The average Bonchev–Trinajstić information content (AvgIpc) is 3.64. The van der Waals surface area contributed by atoms with Crippen molar-refractivity contribution in [2.45, 2.75) is 13.0 Å². The number of aromatic nitrogens is 2. The van der Waals surface area contributed by atoms with Crippen LogP contribution in [0, 0.1) is 23.3 Å². The second-order valence-corrected chi connectivity index (χ2v) is 11.6. The number of rotatable bonds is 9. The van der Waals surface area contributed by atoms with Gasteiger partial charge in [-0.05, 0) is 54.1 Å². The molecule has 49 heavy (non-hydrogen) atoms. The maximum Gasteiger partial charge on any atom is 0.294 e. The lowest BCUT2D eigenvalue weighted by Gasteiger charge is -2.35. The molecule has 0 atom stereocenters. The summed E-state index contributed by atoms with van der Waals surface area (Å²) in [6.45, 7) is 1.06. The number of aliphatic hydroxyl groups is 1. The van der Waals surface area contributed by atoms with Crippen molar-refractivity contribution in [2.75, 3.05) is 31.1 Å². The maximum atomic E-state index is 14.5. The topological polar surface area (TPSA) is 87.8 Å². The Hall–Kier alpha value is -5.91. The van der Waals surface area contributed by atoms with Crippen molar-refractivity contribution in [3.8, 4) is 5.69 Å². The zero-order valence-electron chi connectivity index (χ0n) is 26.0. The van der Waals surface area contributed by atoms with Crippen LogP contribution in [0.25, 0.3) is 11.4 Å². The highest BCUT2D eigenvalue weighted by Crippen LogP contribution is 2.22. The van der Waals surface area contributed by atoms with Gasteiger partial charge >= 0.3 is 0 Å². The molecule has 2 aromatic heterocycles. The molecular formula is C37H30F4N4O4. The molecule has 250 valence electrons. The van der Waals surface area contributed by atoms with E-state index in [-0.39, 0.29) is 30.8 Å². The summed E-state index contributed by atoms with van der Waals surface area (Å²) in [4.78, 5) is 43.0. The van der Waals surface area contributed by atoms with Gasteiger partial charge in [-0.1, -0.05) is 18.2 Å². The van der Waals surface area contributed by atoms with Gasteiger partial charge in [-0.15, -0.1) is 0 Å². The van der Waals surface area contributed by atoms with Crippen LogP contribution < -0.4 is 10.5 Å². The number of benzene rings is 3. The third-order valence-electron chi connectivity index (χ3n) is 8.37. The van der Waals surface area contributed by atoms with E-state index in [2.05, 4.69) is 4.90 Å². The summed E-state index contributed by atoms with van der Waals surface area (Å²) in [6, 6.07) is 19.6. The summed E-state index contributed by atoms with van der Waals surface area (Å²) < 4.78 is 60.0. The van der Waals surface area contributed by atoms with E-state index in [1.807, 2.05) is 53.4 Å². The number of piperazine rings is 1. The van der Waals surface area contributed by atoms with Gasteiger partial charge in [0.05, 0.1) is 12.1 Å². The second kappa shape index (κ2) is 14.1. The average molecular weight is 671 g/mol. The number of hydrogen-bond acceptors (Lipinski definition) is 5. The lowest BCUT2D eigenvalue weighted by molar-refractivity contribution is -0.142. The van der Waals surface area contributed by atoms with E-state index in [0.717, 1.165) is 22.0 Å². The molecule has 0 spiro atoms. The van der Waals surface area contributed by atoms with Crippen LogP contribution in [0.3, 0.4) is 0 Å². The van der Waals surface area contributed by atoms with Crippen molar-refractivity contribution in [1.82, 2.24) is 14.0 Å². The number of anilines is 1. The van der Waals surface area contributed by atoms with E-state index < -0.39 is 63.8 Å². The minimum atomic E-state index is -1.17. The summed E-state index contributed by atoms with van der Waals surface area (Å²) >= 11 is 0. The minimum absolute atomic E-state index is 0.0894. The molecule has 3 heterocycles. The highest BCUT2D eigenvalue weighted by Gasteiger charge is 2.26. The molecule has 1 aliphatic heterocycles. The van der Waals surface area contributed by atoms with E-state index in [9.17, 15) is 37.1 Å². The number of halogens is 4. The minimum Gasteiger partial charge on any atom is -0.507 e. The number of carbonyl (C=O) groups is 2. The van der Waals surface area contributed by atoms with Gasteiger partial charge in [-0.25, -0.2) is 17.6 Å². The number of aliphatic hydroxyl groups excluding tert-OH is 1. The summed E-state index contributed by atoms with van der Waals surface area (Å²) in [7, 11) is 0. The van der Waals surface area contributed by atoms with E-state index >= 15 is 0 Å². The van der Waals surface area contributed by atoms with E-state index in [0.29, 0.717) is 31.3 Å². The number of pyridine rings is 1. The lowest BCUT2D eigenvalue weighted by atomic mass is 10.0. The summed E-state index contributed by atoms with van der Waals surface area (Å²) in [6.07, 6.45) is 5.27. The highest BCUT2D eigenvalue weighted by molar-refractivity contribution is 6.41. The molecule has 1 saturated heterocycles. The van der Waals surface area contributed by atoms with Gasteiger partial charge in [0.2, 0.25) is 5.78 Å². The molecule has 1 N–H and O–H groups in total. The van der Waals surface area contributed by atoms with Crippen molar-refractivity contribution in [2.24, 2.45) is 0 Å². The molecule has 1 aliphatic rings. The van der Waals surface area contributed by atoms with Crippen LogP contribution in [0.15, 0.2) is 108 Å². The molecule has 6 rings (SSSR count). The molecule has 0 bridgehead atoms. The van der Waals surface area contributed by atoms with Crippen LogP contribution in [0.2, 0.25) is 0 Å². The van der Waals surface area contributed by atoms with Crippen LogP contribution >= 0.6 is 0 Å². The van der Waals surface area contributed by atoms with Gasteiger partial charge in [0.1, 0.15) is 29.0 Å². The van der Waals surface area contributed by atoms with Gasteiger partial charge in [0.15, 0.2) is 0 Å². The molecule has 5 aromatic rings. The third kappa shape index (κ3) is 7.33. The number of ketones is 1. The van der Waals surface area contributed by atoms with Crippen LogP contribution in [-0.4, -0.2) is 57.0 Å². The summed E-state index contributed by atoms with van der Waals surface area (Å²) in [5.41, 5.74) is 0.347. The van der Waals surface area contributed by atoms with Crippen molar-refractivity contribution in [3.63, 3.8) is 0 Å². The molecular weight excluding hydrogens is 640 g/mol. The zero-order valence-corrected chi connectivity index (χ0v) is 26.0. The fourth-order valence-electron chi connectivity index (χ4n) is 5.78. The SMILES string of the molecule is O=C(/C=C(\O)c1cc(Cc2c(F)cc(F)cc2F)cn(Cc2ccccc2F)c1=O)C(=O)N1CCN(c2ccc(-n3cccc3)cc2)CC1. The van der Waals surface area contributed by atoms with Gasteiger partial charge in [0, 0.05) is 91.9 Å².